The standard InChI is InChI=1S/2C15H24O.C2H5.Al/c2*1-4-6-8-13-10-12(3)11-14(15(13)16)9-7-5-2;1-2;/h2*10-11,16H,4-9H2,1-3H3;1H2,2H3;/q;;;+2/p-2. The van der Waals surface area contributed by atoms with Crippen LogP contribution in [-0.2, 0) is 25.7 Å². The Bertz CT molecular complexity index is 688. The third kappa shape index (κ3) is 14.0. The Kier molecular flexibility index (Phi) is 19.9. The second kappa shape index (κ2) is 20.7. The van der Waals surface area contributed by atoms with E-state index in [1.54, 1.807) is 0 Å². The van der Waals surface area contributed by atoms with Crippen molar-refractivity contribution in [3.63, 3.8) is 0 Å². The Hall–Kier alpha value is -1.43. The fraction of sp³-hybridized carbons (Fsp3) is 0.625. The van der Waals surface area contributed by atoms with E-state index in [2.05, 4.69) is 89.0 Å². The molecule has 2 aromatic carbocycles. The predicted octanol–water partition coefficient (Wildman–Crippen LogP) is 8.10. The van der Waals surface area contributed by atoms with Crippen LogP contribution in [0.25, 0.3) is 0 Å². The molecule has 0 saturated carbocycles. The minimum atomic E-state index is 0.299. The summed E-state index contributed by atoms with van der Waals surface area (Å²) in [5.74, 6) is 0.597. The zero-order valence-electron chi connectivity index (χ0n) is 23.9. The zero-order valence-corrected chi connectivity index (χ0v) is 25.1. The van der Waals surface area contributed by atoms with Crippen molar-refractivity contribution in [1.82, 2.24) is 0 Å². The van der Waals surface area contributed by atoms with E-state index in [4.69, 9.17) is 0 Å². The first-order valence-electron chi connectivity index (χ1n) is 14.1. The average molecular weight is 495 g/mol. The van der Waals surface area contributed by atoms with E-state index in [0.29, 0.717) is 11.5 Å². The molecular formula is C32H51AlO2. The van der Waals surface area contributed by atoms with Gasteiger partial charge in [-0.3, -0.25) is 0 Å². The van der Waals surface area contributed by atoms with Gasteiger partial charge in [-0.05, 0) is 65.2 Å². The molecule has 0 aliphatic rings. The summed E-state index contributed by atoms with van der Waals surface area (Å²) in [7, 11) is 0. The second-order valence-electron chi connectivity index (χ2n) is 9.65. The van der Waals surface area contributed by atoms with Gasteiger partial charge in [-0.2, -0.15) is 0 Å². The summed E-state index contributed by atoms with van der Waals surface area (Å²) in [4.78, 5) is 0. The van der Waals surface area contributed by atoms with E-state index in [0.717, 1.165) is 99.3 Å². The van der Waals surface area contributed by atoms with Gasteiger partial charge in [-0.1, -0.05) is 111 Å². The van der Waals surface area contributed by atoms with Gasteiger partial charge in [-0.15, -0.1) is 11.5 Å². The molecule has 2 aromatic rings. The van der Waals surface area contributed by atoms with E-state index in [1.807, 2.05) is 0 Å². The zero-order chi connectivity index (χ0) is 26.6. The van der Waals surface area contributed by atoms with Crippen LogP contribution in [0.15, 0.2) is 24.3 Å². The van der Waals surface area contributed by atoms with Crippen molar-refractivity contribution < 1.29 is 10.2 Å². The van der Waals surface area contributed by atoms with Crippen LogP contribution in [0.4, 0.5) is 0 Å². The van der Waals surface area contributed by atoms with Crippen molar-refractivity contribution in [2.75, 3.05) is 0 Å². The first-order valence-corrected chi connectivity index (χ1v) is 14.9. The van der Waals surface area contributed by atoms with Gasteiger partial charge in [0, 0.05) is 0 Å². The van der Waals surface area contributed by atoms with Crippen LogP contribution >= 0.6 is 0 Å². The molecule has 194 valence electrons. The van der Waals surface area contributed by atoms with Gasteiger partial charge in [-0.25, -0.2) is 0 Å². The maximum absolute atomic E-state index is 12.1. The molecular weight excluding hydrogens is 443 g/mol. The molecule has 0 N–H and O–H groups in total. The molecule has 0 aliphatic heterocycles. The van der Waals surface area contributed by atoms with Crippen molar-refractivity contribution in [1.29, 1.82) is 0 Å². The molecule has 0 spiro atoms. The van der Waals surface area contributed by atoms with Gasteiger partial charge in [0.2, 0.25) is 0 Å². The molecule has 0 aliphatic carbocycles. The van der Waals surface area contributed by atoms with Crippen molar-refractivity contribution in [3.8, 4) is 11.5 Å². The number of hydrogen-bond donors (Lipinski definition) is 0. The Morgan fingerprint density at radius 2 is 0.714 bits per heavy atom. The minimum absolute atomic E-state index is 0.299. The molecule has 0 unspecified atom stereocenters. The van der Waals surface area contributed by atoms with E-state index >= 15 is 0 Å². The van der Waals surface area contributed by atoms with Crippen molar-refractivity contribution in [3.05, 3.63) is 57.6 Å². The molecule has 0 aromatic heterocycles. The van der Waals surface area contributed by atoms with Crippen LogP contribution in [0.1, 0.15) is 119 Å². The number of hydrogen-bond acceptors (Lipinski definition) is 2. The molecule has 35 heavy (non-hydrogen) atoms. The van der Waals surface area contributed by atoms with Crippen molar-refractivity contribution in [2.24, 2.45) is 0 Å². The van der Waals surface area contributed by atoms with Crippen LogP contribution < -0.4 is 10.2 Å². The van der Waals surface area contributed by atoms with Crippen molar-refractivity contribution in [2.45, 2.75) is 131 Å². The fourth-order valence-corrected chi connectivity index (χ4v) is 4.07. The third-order valence-electron chi connectivity index (χ3n) is 5.97. The van der Waals surface area contributed by atoms with Crippen LogP contribution in [0, 0.1) is 13.8 Å². The summed E-state index contributed by atoms with van der Waals surface area (Å²) in [6, 6.07) is 8.25. The van der Waals surface area contributed by atoms with E-state index in [-0.39, 0.29) is 0 Å². The molecule has 0 heterocycles. The first kappa shape index (κ1) is 33.6. The fourth-order valence-electron chi connectivity index (χ4n) is 4.07. The van der Waals surface area contributed by atoms with E-state index in [9.17, 15) is 10.2 Å². The summed E-state index contributed by atoms with van der Waals surface area (Å²) in [6.45, 7) is 14.9. The van der Waals surface area contributed by atoms with Gasteiger partial charge >= 0.3 is 28.5 Å². The second-order valence-corrected chi connectivity index (χ2v) is 10.5. The monoisotopic (exact) mass is 494 g/mol. The van der Waals surface area contributed by atoms with Gasteiger partial charge in [0.05, 0.1) is 0 Å². The number of benzene rings is 2. The molecule has 3 heteroatoms. The maximum atomic E-state index is 12.1. The Morgan fingerprint density at radius 3 is 0.886 bits per heavy atom. The van der Waals surface area contributed by atoms with Crippen molar-refractivity contribution >= 4 is 16.3 Å². The SMILES string of the molecule is CCCCc1cc(C)cc(CCCC)c1[O-].CCCCc1cc(C)cc(CCCC)c1[O-].C[CH2][Al+2]. The van der Waals surface area contributed by atoms with Gasteiger partial charge in [0.1, 0.15) is 0 Å². The normalized spacial score (nSPS) is 10.3. The predicted molar refractivity (Wildman–Crippen MR) is 152 cm³/mol. The first-order chi connectivity index (χ1) is 16.8. The van der Waals surface area contributed by atoms with Crippen LogP contribution in [-0.4, -0.2) is 16.3 Å². The van der Waals surface area contributed by atoms with Crippen LogP contribution in [0.3, 0.4) is 0 Å². The summed E-state index contributed by atoms with van der Waals surface area (Å²) in [6.07, 6.45) is 12.8. The Balaban J connectivity index is 0.000000594. The molecule has 2 rings (SSSR count). The topological polar surface area (TPSA) is 46.1 Å². The van der Waals surface area contributed by atoms with Crippen LogP contribution in [0.2, 0.25) is 5.28 Å². The Labute approximate surface area is 226 Å². The summed E-state index contributed by atoms with van der Waals surface area (Å²) in [5.41, 5.74) is 6.55. The molecule has 0 amide bonds. The van der Waals surface area contributed by atoms with Crippen LogP contribution in [0.5, 0.6) is 11.5 Å². The van der Waals surface area contributed by atoms with Gasteiger partial charge < -0.3 is 10.2 Å². The number of aryl methyl sites for hydroxylation is 6. The molecule has 0 saturated heterocycles. The van der Waals surface area contributed by atoms with E-state index < -0.39 is 0 Å². The molecule has 0 fully saturated rings. The molecule has 2 nitrogen and oxygen atoms in total. The Morgan fingerprint density at radius 1 is 0.514 bits per heavy atom. The summed E-state index contributed by atoms with van der Waals surface area (Å²) < 4.78 is 0. The summed E-state index contributed by atoms with van der Waals surface area (Å²) >= 11 is 2.58. The average Bonchev–Trinajstić information content (AvgIpc) is 2.83. The van der Waals surface area contributed by atoms with E-state index in [1.165, 1.54) is 16.4 Å². The molecule has 0 radical (unpaired) electrons. The number of unbranched alkanes of at least 4 members (excludes halogenated alkanes) is 4. The summed E-state index contributed by atoms with van der Waals surface area (Å²) in [5, 5.41) is 25.4. The third-order valence-corrected chi connectivity index (χ3v) is 5.97. The van der Waals surface area contributed by atoms with Gasteiger partial charge in [0.15, 0.2) is 0 Å². The number of rotatable bonds is 12. The molecule has 0 bridgehead atoms. The molecule has 0 atom stereocenters. The van der Waals surface area contributed by atoms with Gasteiger partial charge in [0.25, 0.3) is 0 Å². The quantitative estimate of drug-likeness (QED) is 0.280.